The predicted octanol–water partition coefficient (Wildman–Crippen LogP) is 4.37. The smallest absolute Gasteiger partial charge is 0.263 e. The Labute approximate surface area is 134 Å². The average Bonchev–Trinajstić information content (AvgIpc) is 2.54. The Hall–Kier alpha value is -1.51. The first kappa shape index (κ1) is 16.9. The van der Waals surface area contributed by atoms with E-state index in [0.717, 1.165) is 24.2 Å². The van der Waals surface area contributed by atoms with Crippen LogP contribution in [-0.2, 0) is 4.79 Å². The quantitative estimate of drug-likeness (QED) is 0.808. The van der Waals surface area contributed by atoms with E-state index in [4.69, 9.17) is 4.74 Å². The van der Waals surface area contributed by atoms with Crippen molar-refractivity contribution < 1.29 is 9.53 Å². The van der Waals surface area contributed by atoms with E-state index in [2.05, 4.69) is 19.9 Å². The van der Waals surface area contributed by atoms with Gasteiger partial charge < -0.3 is 9.64 Å². The second kappa shape index (κ2) is 7.66. The van der Waals surface area contributed by atoms with Crippen LogP contribution in [0.5, 0.6) is 5.75 Å². The maximum absolute atomic E-state index is 12.6. The third-order valence-corrected chi connectivity index (χ3v) is 4.66. The maximum atomic E-state index is 12.6. The lowest BCUT2D eigenvalue weighted by molar-refractivity contribution is -0.139. The fourth-order valence-electron chi connectivity index (χ4n) is 3.24. The number of carbonyl (C=O) groups excluding carboxylic acids is 1. The van der Waals surface area contributed by atoms with Gasteiger partial charge in [-0.05, 0) is 37.3 Å². The van der Waals surface area contributed by atoms with Crippen LogP contribution in [0.1, 0.15) is 64.4 Å². The summed E-state index contributed by atoms with van der Waals surface area (Å²) in [6.07, 6.45) is 5.56. The number of hydrogen-bond acceptors (Lipinski definition) is 2. The number of hydrogen-bond donors (Lipinski definition) is 0. The van der Waals surface area contributed by atoms with Crippen molar-refractivity contribution in [3.63, 3.8) is 0 Å². The molecule has 0 spiro atoms. The summed E-state index contributed by atoms with van der Waals surface area (Å²) in [6.45, 7) is 6.14. The molecule has 1 amide bonds. The van der Waals surface area contributed by atoms with Crippen LogP contribution in [0.25, 0.3) is 0 Å². The van der Waals surface area contributed by atoms with Gasteiger partial charge in [0.15, 0.2) is 6.10 Å². The summed E-state index contributed by atoms with van der Waals surface area (Å²) in [7, 11) is 1.92. The van der Waals surface area contributed by atoms with Crippen LogP contribution in [0.3, 0.4) is 0 Å². The Kier molecular flexibility index (Phi) is 5.87. The lowest BCUT2D eigenvalue weighted by atomic mass is 9.94. The Morgan fingerprint density at radius 2 is 1.77 bits per heavy atom. The zero-order valence-electron chi connectivity index (χ0n) is 14.3. The zero-order valence-corrected chi connectivity index (χ0v) is 14.3. The fraction of sp³-hybridized carbons (Fsp3) is 0.632. The second-order valence-electron chi connectivity index (χ2n) is 6.69. The largest absolute Gasteiger partial charge is 0.481 e. The highest BCUT2D eigenvalue weighted by molar-refractivity contribution is 5.81. The van der Waals surface area contributed by atoms with Gasteiger partial charge in [-0.15, -0.1) is 0 Å². The number of para-hydroxylation sites is 1. The van der Waals surface area contributed by atoms with E-state index in [-0.39, 0.29) is 5.91 Å². The molecule has 1 aromatic rings. The van der Waals surface area contributed by atoms with E-state index < -0.39 is 6.10 Å². The molecule has 1 aliphatic rings. The van der Waals surface area contributed by atoms with E-state index in [1.54, 1.807) is 0 Å². The first-order valence-electron chi connectivity index (χ1n) is 8.53. The Morgan fingerprint density at radius 3 is 2.41 bits per heavy atom. The van der Waals surface area contributed by atoms with Gasteiger partial charge in [0.25, 0.3) is 5.91 Å². The van der Waals surface area contributed by atoms with Gasteiger partial charge in [-0.2, -0.15) is 0 Å². The molecule has 0 N–H and O–H groups in total. The van der Waals surface area contributed by atoms with Gasteiger partial charge in [-0.25, -0.2) is 0 Å². The molecule has 0 heterocycles. The molecule has 1 aliphatic carbocycles. The fourth-order valence-corrected chi connectivity index (χ4v) is 3.24. The van der Waals surface area contributed by atoms with Gasteiger partial charge in [0, 0.05) is 13.1 Å². The lowest BCUT2D eigenvalue weighted by Crippen LogP contribution is -2.44. The molecule has 22 heavy (non-hydrogen) atoms. The summed E-state index contributed by atoms with van der Waals surface area (Å²) in [5.74, 6) is 1.30. The van der Waals surface area contributed by atoms with E-state index in [1.165, 1.54) is 19.3 Å². The molecular formula is C19H29NO2. The van der Waals surface area contributed by atoms with Crippen molar-refractivity contribution >= 4 is 5.91 Å². The minimum atomic E-state index is -0.438. The maximum Gasteiger partial charge on any atom is 0.263 e. The van der Waals surface area contributed by atoms with Crippen LogP contribution in [0.15, 0.2) is 24.3 Å². The monoisotopic (exact) mass is 303 g/mol. The molecule has 0 aromatic heterocycles. The summed E-state index contributed by atoms with van der Waals surface area (Å²) < 4.78 is 5.99. The molecule has 3 heteroatoms. The average molecular weight is 303 g/mol. The number of carbonyl (C=O) groups is 1. The number of rotatable bonds is 5. The van der Waals surface area contributed by atoms with Gasteiger partial charge in [0.2, 0.25) is 0 Å². The molecule has 0 saturated heterocycles. The molecule has 1 aromatic carbocycles. The number of ether oxygens (including phenoxy) is 1. The van der Waals surface area contributed by atoms with E-state index in [0.29, 0.717) is 12.0 Å². The van der Waals surface area contributed by atoms with Crippen molar-refractivity contribution in [2.45, 2.75) is 70.9 Å². The standard InChI is InChI=1S/C19H29NO2/c1-14(2)17-12-8-9-13-18(17)22-15(3)19(21)20(4)16-10-6-5-7-11-16/h8-9,12-16H,5-7,10-11H2,1-4H3/t15-/m0/s1. The molecule has 0 radical (unpaired) electrons. The topological polar surface area (TPSA) is 29.5 Å². The van der Waals surface area contributed by atoms with Crippen molar-refractivity contribution in [1.29, 1.82) is 0 Å². The van der Waals surface area contributed by atoms with Gasteiger partial charge >= 0.3 is 0 Å². The highest BCUT2D eigenvalue weighted by atomic mass is 16.5. The highest BCUT2D eigenvalue weighted by Gasteiger charge is 2.27. The molecule has 2 rings (SSSR count). The molecule has 0 unspecified atom stereocenters. The van der Waals surface area contributed by atoms with Gasteiger partial charge in [0.1, 0.15) is 5.75 Å². The number of amides is 1. The summed E-state index contributed by atoms with van der Waals surface area (Å²) in [6, 6.07) is 8.39. The molecule has 0 bridgehead atoms. The Morgan fingerprint density at radius 1 is 1.14 bits per heavy atom. The van der Waals surface area contributed by atoms with Crippen LogP contribution in [0, 0.1) is 0 Å². The van der Waals surface area contributed by atoms with E-state index >= 15 is 0 Å². The summed E-state index contributed by atoms with van der Waals surface area (Å²) in [5.41, 5.74) is 1.16. The van der Waals surface area contributed by atoms with Crippen LogP contribution in [0.2, 0.25) is 0 Å². The predicted molar refractivity (Wildman–Crippen MR) is 90.3 cm³/mol. The van der Waals surface area contributed by atoms with Crippen LogP contribution < -0.4 is 4.74 Å². The third-order valence-electron chi connectivity index (χ3n) is 4.66. The summed E-state index contributed by atoms with van der Waals surface area (Å²) in [5, 5.41) is 0. The number of likely N-dealkylation sites (N-methyl/N-ethyl adjacent to an activating group) is 1. The number of benzene rings is 1. The lowest BCUT2D eigenvalue weighted by Gasteiger charge is -2.33. The van der Waals surface area contributed by atoms with Gasteiger partial charge in [0.05, 0.1) is 0 Å². The molecular weight excluding hydrogens is 274 g/mol. The molecule has 1 saturated carbocycles. The Balaban J connectivity index is 2.02. The van der Waals surface area contributed by atoms with E-state index in [1.807, 2.05) is 37.1 Å². The van der Waals surface area contributed by atoms with Gasteiger partial charge in [-0.1, -0.05) is 51.3 Å². The third kappa shape index (κ3) is 4.02. The Bertz CT molecular complexity index is 492. The molecule has 3 nitrogen and oxygen atoms in total. The van der Waals surface area contributed by atoms with Crippen LogP contribution in [0.4, 0.5) is 0 Å². The first-order valence-corrected chi connectivity index (χ1v) is 8.53. The SMILES string of the molecule is CC(C)c1ccccc1O[C@@H](C)C(=O)N(C)C1CCCCC1. The first-order chi connectivity index (χ1) is 10.5. The molecule has 122 valence electrons. The zero-order chi connectivity index (χ0) is 16.1. The highest BCUT2D eigenvalue weighted by Crippen LogP contribution is 2.27. The van der Waals surface area contributed by atoms with Crippen LogP contribution >= 0.6 is 0 Å². The molecule has 1 fully saturated rings. The van der Waals surface area contributed by atoms with Crippen molar-refractivity contribution in [2.75, 3.05) is 7.05 Å². The second-order valence-corrected chi connectivity index (χ2v) is 6.69. The van der Waals surface area contributed by atoms with Crippen molar-refractivity contribution in [1.82, 2.24) is 4.90 Å². The molecule has 1 atom stereocenters. The van der Waals surface area contributed by atoms with Crippen molar-refractivity contribution in [2.24, 2.45) is 0 Å². The minimum absolute atomic E-state index is 0.0884. The van der Waals surface area contributed by atoms with E-state index in [9.17, 15) is 4.79 Å². The normalized spacial score (nSPS) is 17.3. The van der Waals surface area contributed by atoms with Crippen LogP contribution in [-0.4, -0.2) is 30.0 Å². The van der Waals surface area contributed by atoms with Crippen molar-refractivity contribution in [3.8, 4) is 5.75 Å². The number of nitrogens with zero attached hydrogens (tertiary/aromatic N) is 1. The van der Waals surface area contributed by atoms with Crippen molar-refractivity contribution in [3.05, 3.63) is 29.8 Å². The summed E-state index contributed by atoms with van der Waals surface area (Å²) in [4.78, 5) is 14.5. The summed E-state index contributed by atoms with van der Waals surface area (Å²) >= 11 is 0. The minimum Gasteiger partial charge on any atom is -0.481 e. The molecule has 0 aliphatic heterocycles. The van der Waals surface area contributed by atoms with Gasteiger partial charge in [-0.3, -0.25) is 4.79 Å².